The minimum Gasteiger partial charge on any atom is -0.453 e. The number of nitrogens with zero attached hydrogens (tertiary/aromatic N) is 1. The summed E-state index contributed by atoms with van der Waals surface area (Å²) >= 11 is 0. The van der Waals surface area contributed by atoms with Crippen LogP contribution in [0.2, 0.25) is 0 Å². The molecule has 0 N–H and O–H groups in total. The van der Waals surface area contributed by atoms with E-state index in [0.29, 0.717) is 12.5 Å². The number of carbonyl (C=O) groups excluding carboxylic acids is 2. The van der Waals surface area contributed by atoms with E-state index in [4.69, 9.17) is 9.47 Å². The molecule has 2 aliphatic carbocycles. The van der Waals surface area contributed by atoms with Crippen molar-refractivity contribution in [2.24, 2.45) is 5.92 Å². The summed E-state index contributed by atoms with van der Waals surface area (Å²) in [5.74, 6) is 0.757. The fourth-order valence-corrected chi connectivity index (χ4v) is 4.81. The van der Waals surface area contributed by atoms with Crippen LogP contribution in [-0.4, -0.2) is 48.7 Å². The van der Waals surface area contributed by atoms with Crippen LogP contribution < -0.4 is 0 Å². The quantitative estimate of drug-likeness (QED) is 0.827. The summed E-state index contributed by atoms with van der Waals surface area (Å²) in [5, 5.41) is 0. The molecule has 5 nitrogen and oxygen atoms in total. The van der Waals surface area contributed by atoms with E-state index < -0.39 is 12.1 Å². The van der Waals surface area contributed by atoms with Gasteiger partial charge >= 0.3 is 6.09 Å². The van der Waals surface area contributed by atoms with Gasteiger partial charge in [-0.15, -0.1) is 0 Å². The lowest BCUT2D eigenvalue weighted by molar-refractivity contribution is -0.125. The van der Waals surface area contributed by atoms with Gasteiger partial charge in [-0.05, 0) is 50.0 Å². The average Bonchev–Trinajstić information content (AvgIpc) is 2.85. The van der Waals surface area contributed by atoms with Gasteiger partial charge in [0.05, 0.1) is 19.8 Å². The highest BCUT2D eigenvalue weighted by Crippen LogP contribution is 2.42. The molecular formula is C21H27NO4. The number of methoxy groups -OCH3 is 1. The zero-order valence-corrected chi connectivity index (χ0v) is 15.3. The average molecular weight is 357 g/mol. The van der Waals surface area contributed by atoms with Gasteiger partial charge in [0.15, 0.2) is 5.78 Å². The molecule has 1 saturated heterocycles. The Morgan fingerprint density at radius 2 is 1.81 bits per heavy atom. The molecule has 0 unspecified atom stereocenters. The lowest BCUT2D eigenvalue weighted by atomic mass is 9.79. The third kappa shape index (κ3) is 3.13. The van der Waals surface area contributed by atoms with E-state index in [2.05, 4.69) is 30.3 Å². The Bertz CT molecular complexity index is 653. The summed E-state index contributed by atoms with van der Waals surface area (Å²) in [6, 6.07) is 10.2. The number of ketones is 1. The fourth-order valence-electron chi connectivity index (χ4n) is 4.81. The molecule has 26 heavy (non-hydrogen) atoms. The first-order chi connectivity index (χ1) is 12.7. The van der Waals surface area contributed by atoms with E-state index in [1.807, 2.05) is 0 Å². The summed E-state index contributed by atoms with van der Waals surface area (Å²) in [6.07, 6.45) is 5.79. The SMILES string of the molecule is COC(=O)N1[C@@H]2CC[C@@H]2C(=O)[C@@H]1COC1CCC(c2ccccc2)CC1. The predicted octanol–water partition coefficient (Wildman–Crippen LogP) is 3.53. The third-order valence-electron chi connectivity index (χ3n) is 6.45. The predicted molar refractivity (Wildman–Crippen MR) is 96.9 cm³/mol. The van der Waals surface area contributed by atoms with Gasteiger partial charge < -0.3 is 9.47 Å². The summed E-state index contributed by atoms with van der Waals surface area (Å²) in [7, 11) is 1.38. The number of hydrogen-bond donors (Lipinski definition) is 0. The number of likely N-dealkylation sites (tertiary alicyclic amines) is 1. The van der Waals surface area contributed by atoms with Crippen LogP contribution in [0.15, 0.2) is 30.3 Å². The van der Waals surface area contributed by atoms with Gasteiger partial charge in [-0.3, -0.25) is 9.69 Å². The highest BCUT2D eigenvalue weighted by Gasteiger charge is 2.55. The Balaban J connectivity index is 1.31. The molecule has 0 aromatic heterocycles. The minimum absolute atomic E-state index is 0.00323. The second-order valence-electron chi connectivity index (χ2n) is 7.76. The van der Waals surface area contributed by atoms with Crippen LogP contribution in [0.5, 0.6) is 0 Å². The molecule has 5 heteroatoms. The molecule has 140 valence electrons. The molecule has 1 aromatic carbocycles. The largest absolute Gasteiger partial charge is 0.453 e. The number of rotatable bonds is 4. The standard InChI is InChI=1S/C21H27NO4/c1-25-21(24)22-18-12-11-17(18)20(23)19(22)13-26-16-9-7-15(8-10-16)14-5-3-2-4-6-14/h2-6,15-19H,7-13H2,1H3/t15?,16?,17-,18+,19-/m0/s1. The van der Waals surface area contributed by atoms with Crippen molar-refractivity contribution in [1.29, 1.82) is 0 Å². The number of benzene rings is 1. The Morgan fingerprint density at radius 1 is 1.08 bits per heavy atom. The highest BCUT2D eigenvalue weighted by molar-refractivity contribution is 5.94. The molecule has 1 aliphatic heterocycles. The molecule has 3 atom stereocenters. The zero-order valence-electron chi connectivity index (χ0n) is 15.3. The Labute approximate surface area is 154 Å². The van der Waals surface area contributed by atoms with Gasteiger partial charge in [0.2, 0.25) is 0 Å². The van der Waals surface area contributed by atoms with Crippen LogP contribution in [0.4, 0.5) is 4.79 Å². The summed E-state index contributed by atoms with van der Waals surface area (Å²) < 4.78 is 11.0. The van der Waals surface area contributed by atoms with Crippen molar-refractivity contribution in [3.8, 4) is 0 Å². The summed E-state index contributed by atoms with van der Waals surface area (Å²) in [6.45, 7) is 0.307. The second-order valence-corrected chi connectivity index (χ2v) is 7.76. The van der Waals surface area contributed by atoms with Crippen molar-refractivity contribution in [2.75, 3.05) is 13.7 Å². The van der Waals surface area contributed by atoms with Crippen molar-refractivity contribution in [2.45, 2.75) is 62.6 Å². The third-order valence-corrected chi connectivity index (χ3v) is 6.45. The van der Waals surface area contributed by atoms with E-state index >= 15 is 0 Å². The molecule has 1 amide bonds. The second kappa shape index (κ2) is 7.39. The smallest absolute Gasteiger partial charge is 0.410 e. The maximum absolute atomic E-state index is 12.6. The Hall–Kier alpha value is -1.88. The highest BCUT2D eigenvalue weighted by atomic mass is 16.5. The molecular weight excluding hydrogens is 330 g/mol. The number of hydrogen-bond acceptors (Lipinski definition) is 4. The van der Waals surface area contributed by atoms with Crippen molar-refractivity contribution in [3.05, 3.63) is 35.9 Å². The molecule has 1 aromatic rings. The van der Waals surface area contributed by atoms with Gasteiger partial charge in [-0.2, -0.15) is 0 Å². The molecule has 0 radical (unpaired) electrons. The van der Waals surface area contributed by atoms with E-state index in [-0.39, 0.29) is 23.8 Å². The number of carbonyl (C=O) groups is 2. The van der Waals surface area contributed by atoms with E-state index in [1.165, 1.54) is 12.7 Å². The van der Waals surface area contributed by atoms with Gasteiger partial charge in [0, 0.05) is 12.0 Å². The summed E-state index contributed by atoms with van der Waals surface area (Å²) in [5.41, 5.74) is 1.41. The summed E-state index contributed by atoms with van der Waals surface area (Å²) in [4.78, 5) is 26.3. The van der Waals surface area contributed by atoms with Crippen molar-refractivity contribution >= 4 is 11.9 Å². The van der Waals surface area contributed by atoms with E-state index in [1.54, 1.807) is 4.90 Å². The molecule has 3 aliphatic rings. The topological polar surface area (TPSA) is 55.8 Å². The van der Waals surface area contributed by atoms with E-state index in [9.17, 15) is 9.59 Å². The maximum atomic E-state index is 12.6. The van der Waals surface area contributed by atoms with Crippen molar-refractivity contribution in [3.63, 3.8) is 0 Å². The first-order valence-electron chi connectivity index (χ1n) is 9.75. The molecule has 4 rings (SSSR count). The van der Waals surface area contributed by atoms with E-state index in [0.717, 1.165) is 38.5 Å². The first kappa shape index (κ1) is 17.5. The molecule has 2 saturated carbocycles. The van der Waals surface area contributed by atoms with Crippen LogP contribution in [0.1, 0.15) is 50.0 Å². The molecule has 3 fully saturated rings. The Kier molecular flexibility index (Phi) is 4.98. The normalized spacial score (nSPS) is 33.5. The van der Waals surface area contributed by atoms with Gasteiger partial charge in [0.1, 0.15) is 6.04 Å². The van der Waals surface area contributed by atoms with Crippen LogP contribution in [0, 0.1) is 5.92 Å². The van der Waals surface area contributed by atoms with Crippen molar-refractivity contribution in [1.82, 2.24) is 4.90 Å². The van der Waals surface area contributed by atoms with Crippen molar-refractivity contribution < 1.29 is 19.1 Å². The number of Topliss-reactive ketones (excluding diaryl/α,β-unsaturated/α-hetero) is 1. The minimum atomic E-state index is -0.466. The zero-order chi connectivity index (χ0) is 18.1. The first-order valence-corrected chi connectivity index (χ1v) is 9.75. The Morgan fingerprint density at radius 3 is 2.42 bits per heavy atom. The lowest BCUT2D eigenvalue weighted by Crippen LogP contribution is -2.47. The number of ether oxygens (including phenoxy) is 2. The number of amides is 1. The van der Waals surface area contributed by atoms with Crippen LogP contribution in [0.3, 0.4) is 0 Å². The monoisotopic (exact) mass is 357 g/mol. The van der Waals surface area contributed by atoms with Crippen LogP contribution >= 0.6 is 0 Å². The van der Waals surface area contributed by atoms with Crippen LogP contribution in [0.25, 0.3) is 0 Å². The van der Waals surface area contributed by atoms with Gasteiger partial charge in [-0.25, -0.2) is 4.79 Å². The molecule has 0 bridgehead atoms. The molecule has 0 spiro atoms. The fraction of sp³-hybridized carbons (Fsp3) is 0.619. The van der Waals surface area contributed by atoms with Gasteiger partial charge in [-0.1, -0.05) is 30.3 Å². The van der Waals surface area contributed by atoms with Crippen LogP contribution in [-0.2, 0) is 14.3 Å². The lowest BCUT2D eigenvalue weighted by Gasteiger charge is -2.35. The number of fused-ring (bicyclic) bond motifs is 1. The molecule has 1 heterocycles. The maximum Gasteiger partial charge on any atom is 0.410 e. The van der Waals surface area contributed by atoms with Gasteiger partial charge in [0.25, 0.3) is 0 Å².